The molecule has 23 heavy (non-hydrogen) atoms. The van der Waals surface area contributed by atoms with E-state index < -0.39 is 15.8 Å². The van der Waals surface area contributed by atoms with Crippen LogP contribution in [0, 0.1) is 13.8 Å². The smallest absolute Gasteiger partial charge is 0.408 e. The third-order valence-corrected chi connectivity index (χ3v) is 5.10. The van der Waals surface area contributed by atoms with Gasteiger partial charge in [-0.2, -0.15) is 0 Å². The van der Waals surface area contributed by atoms with E-state index in [1.165, 1.54) is 17.6 Å². The van der Waals surface area contributed by atoms with Gasteiger partial charge in [-0.3, -0.25) is 9.29 Å². The van der Waals surface area contributed by atoms with Crippen molar-refractivity contribution >= 4 is 26.8 Å². The minimum absolute atomic E-state index is 0.00479. The van der Waals surface area contributed by atoms with Gasteiger partial charge in [0.2, 0.25) is 0 Å². The number of nitrogens with zero attached hydrogens (tertiary/aromatic N) is 2. The third-order valence-electron chi connectivity index (χ3n) is 3.47. The zero-order valence-electron chi connectivity index (χ0n) is 12.8. The van der Waals surface area contributed by atoms with Crippen LogP contribution in [0.5, 0.6) is 0 Å². The Kier molecular flexibility index (Phi) is 3.52. The lowest BCUT2D eigenvalue weighted by Crippen LogP contribution is -2.14. The Morgan fingerprint density at radius 2 is 2.04 bits per heavy atom. The Bertz CT molecular complexity index is 1020. The van der Waals surface area contributed by atoms with E-state index in [2.05, 4.69) is 9.88 Å². The Morgan fingerprint density at radius 1 is 1.30 bits per heavy atom. The molecular weight excluding hydrogens is 322 g/mol. The number of hydrogen-bond donors (Lipinski definition) is 1. The first-order valence-corrected chi connectivity index (χ1v) is 8.41. The SMILES string of the molecule is CCn1c(=O)oc2cc(NS(=O)(=O)c3c(C)noc3C)ccc21. The number of aromatic nitrogens is 2. The molecule has 0 atom stereocenters. The summed E-state index contributed by atoms with van der Waals surface area (Å²) in [6, 6.07) is 4.67. The van der Waals surface area contributed by atoms with Crippen LogP contribution in [0.25, 0.3) is 11.1 Å². The normalized spacial score (nSPS) is 12.0. The van der Waals surface area contributed by atoms with Crippen molar-refractivity contribution in [3.8, 4) is 0 Å². The molecule has 1 aromatic carbocycles. The lowest BCUT2D eigenvalue weighted by molar-refractivity contribution is 0.390. The summed E-state index contributed by atoms with van der Waals surface area (Å²) < 4.78 is 38.8. The molecule has 0 aliphatic heterocycles. The number of nitrogens with one attached hydrogen (secondary N) is 1. The van der Waals surface area contributed by atoms with Crippen molar-refractivity contribution in [2.75, 3.05) is 4.72 Å². The third kappa shape index (κ3) is 2.52. The van der Waals surface area contributed by atoms with Crippen molar-refractivity contribution in [2.24, 2.45) is 0 Å². The second kappa shape index (κ2) is 5.27. The van der Waals surface area contributed by atoms with E-state index in [-0.39, 0.29) is 22.0 Å². The quantitative estimate of drug-likeness (QED) is 0.780. The summed E-state index contributed by atoms with van der Waals surface area (Å²) in [6.45, 7) is 5.37. The lowest BCUT2D eigenvalue weighted by atomic mass is 10.3. The summed E-state index contributed by atoms with van der Waals surface area (Å²) >= 11 is 0. The molecule has 0 aliphatic rings. The molecule has 0 spiro atoms. The fourth-order valence-electron chi connectivity index (χ4n) is 2.49. The molecule has 0 unspecified atom stereocenters. The fraction of sp³-hybridized carbons (Fsp3) is 0.286. The molecule has 2 heterocycles. The van der Waals surface area contributed by atoms with Crippen LogP contribution in [0.1, 0.15) is 18.4 Å². The van der Waals surface area contributed by atoms with Crippen LogP contribution in [0.15, 0.2) is 36.8 Å². The first kappa shape index (κ1) is 15.3. The van der Waals surface area contributed by atoms with Gasteiger partial charge in [0.05, 0.1) is 11.2 Å². The highest BCUT2D eigenvalue weighted by Crippen LogP contribution is 2.24. The van der Waals surface area contributed by atoms with Crippen LogP contribution in [0.3, 0.4) is 0 Å². The summed E-state index contributed by atoms with van der Waals surface area (Å²) in [5, 5.41) is 3.64. The van der Waals surface area contributed by atoms with Gasteiger partial charge in [0.15, 0.2) is 16.2 Å². The minimum Gasteiger partial charge on any atom is -0.408 e. The van der Waals surface area contributed by atoms with Crippen LogP contribution in [0.2, 0.25) is 0 Å². The van der Waals surface area contributed by atoms with E-state index in [9.17, 15) is 13.2 Å². The van der Waals surface area contributed by atoms with E-state index in [0.717, 1.165) is 0 Å². The van der Waals surface area contributed by atoms with Crippen LogP contribution in [-0.4, -0.2) is 18.1 Å². The molecule has 0 aliphatic carbocycles. The van der Waals surface area contributed by atoms with Gasteiger partial charge in [-0.1, -0.05) is 5.16 Å². The van der Waals surface area contributed by atoms with Crippen molar-refractivity contribution in [1.82, 2.24) is 9.72 Å². The fourth-order valence-corrected chi connectivity index (χ4v) is 3.87. The highest BCUT2D eigenvalue weighted by molar-refractivity contribution is 7.92. The van der Waals surface area contributed by atoms with Crippen LogP contribution >= 0.6 is 0 Å². The molecule has 1 N–H and O–H groups in total. The average molecular weight is 337 g/mol. The number of oxazole rings is 1. The van der Waals surface area contributed by atoms with Gasteiger partial charge in [-0.05, 0) is 32.9 Å². The maximum atomic E-state index is 12.5. The van der Waals surface area contributed by atoms with Gasteiger partial charge in [0.25, 0.3) is 10.0 Å². The molecule has 3 aromatic rings. The molecule has 0 radical (unpaired) electrons. The number of sulfonamides is 1. The summed E-state index contributed by atoms with van der Waals surface area (Å²) in [5.74, 6) is -0.270. The van der Waals surface area contributed by atoms with Crippen LogP contribution < -0.4 is 10.5 Å². The highest BCUT2D eigenvalue weighted by Gasteiger charge is 2.24. The Labute approximate surface area is 131 Å². The number of fused-ring (bicyclic) bond motifs is 1. The molecule has 2 aromatic heterocycles. The second-order valence-electron chi connectivity index (χ2n) is 5.05. The number of aryl methyl sites for hydroxylation is 3. The summed E-state index contributed by atoms with van der Waals surface area (Å²) in [5.41, 5.74) is 1.49. The maximum Gasteiger partial charge on any atom is 0.419 e. The van der Waals surface area contributed by atoms with Crippen molar-refractivity contribution in [1.29, 1.82) is 0 Å². The standard InChI is InChI=1S/C14H15N3O5S/c1-4-17-11-6-5-10(7-12(11)21-14(17)18)16-23(19,20)13-8(2)15-22-9(13)3/h5-7,16H,4H2,1-3H3. The molecule has 9 heteroatoms. The molecule has 122 valence electrons. The van der Waals surface area contributed by atoms with Crippen LogP contribution in [0.4, 0.5) is 5.69 Å². The number of anilines is 1. The predicted octanol–water partition coefficient (Wildman–Crippen LogP) is 2.02. The van der Waals surface area contributed by atoms with E-state index in [4.69, 9.17) is 8.94 Å². The first-order valence-electron chi connectivity index (χ1n) is 6.92. The first-order chi connectivity index (χ1) is 10.8. The van der Waals surface area contributed by atoms with E-state index in [1.807, 2.05) is 6.92 Å². The Balaban J connectivity index is 2.03. The van der Waals surface area contributed by atoms with Gasteiger partial charge in [0.1, 0.15) is 5.69 Å². The number of rotatable bonds is 4. The highest BCUT2D eigenvalue weighted by atomic mass is 32.2. The minimum atomic E-state index is -3.84. The molecule has 0 bridgehead atoms. The van der Waals surface area contributed by atoms with Gasteiger partial charge in [-0.15, -0.1) is 0 Å². The number of hydrogen-bond acceptors (Lipinski definition) is 6. The summed E-state index contributed by atoms with van der Waals surface area (Å²) in [6.07, 6.45) is 0. The van der Waals surface area contributed by atoms with Gasteiger partial charge >= 0.3 is 5.76 Å². The molecule has 0 saturated heterocycles. The van der Waals surface area contributed by atoms with E-state index in [0.29, 0.717) is 17.6 Å². The van der Waals surface area contributed by atoms with Crippen molar-refractivity contribution < 1.29 is 17.4 Å². The number of benzene rings is 1. The largest absolute Gasteiger partial charge is 0.419 e. The molecule has 8 nitrogen and oxygen atoms in total. The summed E-state index contributed by atoms with van der Waals surface area (Å²) in [4.78, 5) is 11.7. The van der Waals surface area contributed by atoms with Crippen LogP contribution in [-0.2, 0) is 16.6 Å². The van der Waals surface area contributed by atoms with Gasteiger partial charge < -0.3 is 8.94 Å². The van der Waals surface area contributed by atoms with Crippen molar-refractivity contribution in [3.63, 3.8) is 0 Å². The Morgan fingerprint density at radius 3 is 2.65 bits per heavy atom. The van der Waals surface area contributed by atoms with Crippen molar-refractivity contribution in [3.05, 3.63) is 40.2 Å². The molecule has 0 fully saturated rings. The second-order valence-corrected chi connectivity index (χ2v) is 6.67. The Hall–Kier alpha value is -2.55. The zero-order valence-corrected chi connectivity index (χ0v) is 13.6. The summed E-state index contributed by atoms with van der Waals surface area (Å²) in [7, 11) is -3.84. The van der Waals surface area contributed by atoms with E-state index in [1.54, 1.807) is 19.1 Å². The lowest BCUT2D eigenvalue weighted by Gasteiger charge is -2.07. The predicted molar refractivity (Wildman–Crippen MR) is 82.9 cm³/mol. The van der Waals surface area contributed by atoms with Gasteiger partial charge in [-0.25, -0.2) is 13.2 Å². The molecule has 0 amide bonds. The molecular formula is C14H15N3O5S. The topological polar surface area (TPSA) is 107 Å². The maximum absolute atomic E-state index is 12.5. The van der Waals surface area contributed by atoms with Gasteiger partial charge in [0, 0.05) is 12.6 Å². The monoisotopic (exact) mass is 337 g/mol. The molecule has 0 saturated carbocycles. The van der Waals surface area contributed by atoms with Crippen molar-refractivity contribution in [2.45, 2.75) is 32.2 Å². The average Bonchev–Trinajstić information content (AvgIpc) is 2.96. The molecule has 3 rings (SSSR count). The van der Waals surface area contributed by atoms with E-state index >= 15 is 0 Å². The zero-order chi connectivity index (χ0) is 16.8.